The molecule has 1 aliphatic heterocycles. The van der Waals surface area contributed by atoms with Gasteiger partial charge in [-0.25, -0.2) is 4.79 Å². The van der Waals surface area contributed by atoms with E-state index in [2.05, 4.69) is 10.3 Å². The highest BCUT2D eigenvalue weighted by Gasteiger charge is 2.23. The van der Waals surface area contributed by atoms with Crippen LogP contribution in [0.15, 0.2) is 27.8 Å². The summed E-state index contributed by atoms with van der Waals surface area (Å²) in [6.45, 7) is 0.638. The minimum absolute atomic E-state index is 0.212. The summed E-state index contributed by atoms with van der Waals surface area (Å²) in [5.41, 5.74) is 1.03. The first-order valence-electron chi connectivity index (χ1n) is 10.3. The molecule has 5 rings (SSSR count). The highest BCUT2D eigenvalue weighted by molar-refractivity contribution is 5.74. The summed E-state index contributed by atoms with van der Waals surface area (Å²) in [6, 6.07) is 6.06. The van der Waals surface area contributed by atoms with Gasteiger partial charge < -0.3 is 14.8 Å². The van der Waals surface area contributed by atoms with E-state index in [1.807, 2.05) is 22.8 Å². The highest BCUT2D eigenvalue weighted by atomic mass is 16.7. The van der Waals surface area contributed by atoms with E-state index in [9.17, 15) is 9.59 Å². The van der Waals surface area contributed by atoms with Gasteiger partial charge >= 0.3 is 5.69 Å². The number of anilines is 1. The van der Waals surface area contributed by atoms with Gasteiger partial charge in [-0.1, -0.05) is 25.3 Å². The summed E-state index contributed by atoms with van der Waals surface area (Å²) >= 11 is 0. The topological polar surface area (TPSA) is 92.3 Å². The van der Waals surface area contributed by atoms with Crippen molar-refractivity contribution in [2.75, 3.05) is 12.1 Å². The van der Waals surface area contributed by atoms with Crippen LogP contribution >= 0.6 is 0 Å². The maximum Gasteiger partial charge on any atom is 0.332 e. The summed E-state index contributed by atoms with van der Waals surface area (Å²) in [5, 5.41) is 3.54. The molecule has 2 aromatic heterocycles. The molecular formula is C21H25N5O4. The molecule has 1 aromatic carbocycles. The van der Waals surface area contributed by atoms with Crippen LogP contribution in [0.4, 0.5) is 5.95 Å². The van der Waals surface area contributed by atoms with Gasteiger partial charge in [-0.15, -0.1) is 0 Å². The second-order valence-corrected chi connectivity index (χ2v) is 8.07. The lowest BCUT2D eigenvalue weighted by atomic mass is 9.96. The van der Waals surface area contributed by atoms with Crippen molar-refractivity contribution in [1.29, 1.82) is 0 Å². The zero-order valence-electron chi connectivity index (χ0n) is 17.2. The number of fused-ring (bicyclic) bond motifs is 2. The Bertz CT molecular complexity index is 1230. The van der Waals surface area contributed by atoms with E-state index in [0.29, 0.717) is 41.2 Å². The molecule has 0 unspecified atom stereocenters. The maximum atomic E-state index is 13.0. The number of nitrogens with zero attached hydrogens (tertiary/aromatic N) is 4. The van der Waals surface area contributed by atoms with Crippen LogP contribution in [-0.4, -0.2) is 31.5 Å². The summed E-state index contributed by atoms with van der Waals surface area (Å²) in [6.07, 6.45) is 5.76. The Morgan fingerprint density at radius 1 is 1.07 bits per heavy atom. The Morgan fingerprint density at radius 3 is 2.63 bits per heavy atom. The normalized spacial score (nSPS) is 16.3. The van der Waals surface area contributed by atoms with Crippen LogP contribution in [0.2, 0.25) is 0 Å². The second-order valence-electron chi connectivity index (χ2n) is 8.07. The molecule has 0 amide bonds. The first kappa shape index (κ1) is 18.8. The van der Waals surface area contributed by atoms with Crippen LogP contribution in [-0.2, 0) is 20.6 Å². The van der Waals surface area contributed by atoms with E-state index in [1.54, 1.807) is 7.05 Å². The van der Waals surface area contributed by atoms with Gasteiger partial charge in [-0.2, -0.15) is 4.98 Å². The van der Waals surface area contributed by atoms with Crippen molar-refractivity contribution in [1.82, 2.24) is 18.7 Å². The third-order valence-electron chi connectivity index (χ3n) is 6.06. The van der Waals surface area contributed by atoms with Gasteiger partial charge in [-0.3, -0.25) is 18.5 Å². The number of rotatable bonds is 4. The second kappa shape index (κ2) is 7.23. The van der Waals surface area contributed by atoms with Crippen molar-refractivity contribution in [3.05, 3.63) is 44.6 Å². The lowest BCUT2D eigenvalue weighted by Crippen LogP contribution is -2.37. The molecule has 1 N–H and O–H groups in total. The largest absolute Gasteiger partial charge is 0.454 e. The summed E-state index contributed by atoms with van der Waals surface area (Å²) in [4.78, 5) is 30.1. The van der Waals surface area contributed by atoms with Gasteiger partial charge in [0.05, 0.1) is 6.54 Å². The van der Waals surface area contributed by atoms with Crippen LogP contribution in [0.3, 0.4) is 0 Å². The SMILES string of the molecule is Cn1c(=O)c2c(nc(NC3CCCCC3)n2Cc2ccc3c(c2)OCO3)n(C)c1=O. The molecule has 0 atom stereocenters. The zero-order chi connectivity index (χ0) is 20.8. The minimum Gasteiger partial charge on any atom is -0.454 e. The van der Waals surface area contributed by atoms with Crippen molar-refractivity contribution in [3.63, 3.8) is 0 Å². The Labute approximate surface area is 172 Å². The molecule has 0 radical (unpaired) electrons. The molecule has 1 aliphatic carbocycles. The molecule has 158 valence electrons. The maximum absolute atomic E-state index is 13.0. The van der Waals surface area contributed by atoms with E-state index in [1.165, 1.54) is 30.9 Å². The fourth-order valence-electron chi connectivity index (χ4n) is 4.36. The first-order valence-corrected chi connectivity index (χ1v) is 10.3. The van der Waals surface area contributed by atoms with E-state index >= 15 is 0 Å². The van der Waals surface area contributed by atoms with Crippen molar-refractivity contribution in [2.45, 2.75) is 44.7 Å². The quantitative estimate of drug-likeness (QED) is 0.706. The average Bonchev–Trinajstić information content (AvgIpc) is 3.36. The number of aromatic nitrogens is 4. The van der Waals surface area contributed by atoms with Gasteiger partial charge in [0.25, 0.3) is 5.56 Å². The van der Waals surface area contributed by atoms with Gasteiger partial charge in [0.1, 0.15) is 0 Å². The highest BCUT2D eigenvalue weighted by Crippen LogP contribution is 2.33. The predicted octanol–water partition coefficient (Wildman–Crippen LogP) is 1.96. The van der Waals surface area contributed by atoms with E-state index in [-0.39, 0.29) is 18.0 Å². The molecule has 1 saturated carbocycles. The fraction of sp³-hybridized carbons (Fsp3) is 0.476. The molecule has 9 heteroatoms. The van der Waals surface area contributed by atoms with Crippen LogP contribution in [0.1, 0.15) is 37.7 Å². The van der Waals surface area contributed by atoms with Gasteiger partial charge in [-0.05, 0) is 30.5 Å². The Balaban J connectivity index is 1.64. The van der Waals surface area contributed by atoms with Crippen LogP contribution in [0.25, 0.3) is 11.2 Å². The van der Waals surface area contributed by atoms with E-state index in [4.69, 9.17) is 9.47 Å². The number of nitrogens with one attached hydrogen (secondary N) is 1. The first-order chi connectivity index (χ1) is 14.5. The van der Waals surface area contributed by atoms with Crippen LogP contribution in [0, 0.1) is 0 Å². The number of hydrogen-bond donors (Lipinski definition) is 1. The third kappa shape index (κ3) is 3.05. The minimum atomic E-state index is -0.385. The number of imidazole rings is 1. The summed E-state index contributed by atoms with van der Waals surface area (Å²) < 4.78 is 15.3. The number of aryl methyl sites for hydroxylation is 1. The van der Waals surface area contributed by atoms with Gasteiger partial charge in [0, 0.05) is 20.1 Å². The van der Waals surface area contributed by atoms with E-state index in [0.717, 1.165) is 23.0 Å². The molecule has 9 nitrogen and oxygen atoms in total. The molecule has 30 heavy (non-hydrogen) atoms. The molecular weight excluding hydrogens is 386 g/mol. The third-order valence-corrected chi connectivity index (χ3v) is 6.06. The summed E-state index contributed by atoms with van der Waals surface area (Å²) in [7, 11) is 3.14. The van der Waals surface area contributed by atoms with Crippen LogP contribution in [0.5, 0.6) is 11.5 Å². The molecule has 3 heterocycles. The predicted molar refractivity (Wildman–Crippen MR) is 112 cm³/mol. The lowest BCUT2D eigenvalue weighted by molar-refractivity contribution is 0.174. The number of benzene rings is 1. The molecule has 3 aromatic rings. The number of ether oxygens (including phenoxy) is 2. The monoisotopic (exact) mass is 411 g/mol. The van der Waals surface area contributed by atoms with Crippen LogP contribution < -0.4 is 26.0 Å². The van der Waals surface area contributed by atoms with Crippen molar-refractivity contribution in [3.8, 4) is 11.5 Å². The number of hydrogen-bond acceptors (Lipinski definition) is 6. The van der Waals surface area contributed by atoms with Crippen molar-refractivity contribution < 1.29 is 9.47 Å². The molecule has 0 bridgehead atoms. The Morgan fingerprint density at radius 2 is 1.83 bits per heavy atom. The molecule has 0 spiro atoms. The van der Waals surface area contributed by atoms with Gasteiger partial charge in [0.2, 0.25) is 12.7 Å². The molecule has 1 fully saturated rings. The fourth-order valence-corrected chi connectivity index (χ4v) is 4.36. The van der Waals surface area contributed by atoms with E-state index < -0.39 is 0 Å². The zero-order valence-corrected chi connectivity index (χ0v) is 17.2. The van der Waals surface area contributed by atoms with Gasteiger partial charge in [0.15, 0.2) is 22.7 Å². The Hall–Kier alpha value is -3.23. The smallest absolute Gasteiger partial charge is 0.332 e. The Kier molecular flexibility index (Phi) is 4.52. The lowest BCUT2D eigenvalue weighted by Gasteiger charge is -2.23. The summed E-state index contributed by atoms with van der Waals surface area (Å²) in [5.74, 6) is 2.03. The van der Waals surface area contributed by atoms with Crippen molar-refractivity contribution >= 4 is 17.1 Å². The standard InChI is InChI=1S/C21H25N5O4/c1-24-18-17(19(27)25(2)21(24)28)26(20(23-18)22-14-6-4-3-5-7-14)11-13-8-9-15-16(10-13)30-12-29-15/h8-10,14H,3-7,11-12H2,1-2H3,(H,22,23). The van der Waals surface area contributed by atoms with Crippen molar-refractivity contribution in [2.24, 2.45) is 14.1 Å². The average molecular weight is 411 g/mol. The molecule has 0 saturated heterocycles. The molecule has 2 aliphatic rings.